The third-order valence-corrected chi connectivity index (χ3v) is 5.51. The Hall–Kier alpha value is -2.62. The summed E-state index contributed by atoms with van der Waals surface area (Å²) in [6.45, 7) is 0.626. The number of benzene rings is 1. The van der Waals surface area contributed by atoms with Crippen molar-refractivity contribution in [3.05, 3.63) is 66.1 Å². The van der Waals surface area contributed by atoms with E-state index >= 15 is 0 Å². The van der Waals surface area contributed by atoms with Crippen molar-refractivity contribution in [3.8, 4) is 0 Å². The van der Waals surface area contributed by atoms with Gasteiger partial charge < -0.3 is 9.47 Å². The highest BCUT2D eigenvalue weighted by Gasteiger charge is 2.27. The lowest BCUT2D eigenvalue weighted by molar-refractivity contribution is 0.0616. The molecule has 26 heavy (non-hydrogen) atoms. The Balaban J connectivity index is 1.70. The molecule has 0 N–H and O–H groups in total. The third kappa shape index (κ3) is 3.24. The van der Waals surface area contributed by atoms with Crippen molar-refractivity contribution in [3.63, 3.8) is 0 Å². The van der Waals surface area contributed by atoms with Crippen LogP contribution in [0.1, 0.15) is 48.0 Å². The van der Waals surface area contributed by atoms with Crippen LogP contribution in [0.5, 0.6) is 0 Å². The Kier molecular flexibility index (Phi) is 4.74. The summed E-state index contributed by atoms with van der Waals surface area (Å²) in [5, 5.41) is 1.03. The maximum Gasteiger partial charge on any atom is 0.255 e. The van der Waals surface area contributed by atoms with Gasteiger partial charge in [0.1, 0.15) is 0 Å². The van der Waals surface area contributed by atoms with E-state index in [0.29, 0.717) is 12.6 Å². The van der Waals surface area contributed by atoms with Crippen molar-refractivity contribution >= 4 is 16.8 Å². The third-order valence-electron chi connectivity index (χ3n) is 5.51. The SMILES string of the molecule is Cn1ccc2c(C(=O)N(Cc3cccnc3)C3CCCCC3)cccc21. The van der Waals surface area contributed by atoms with Gasteiger partial charge in [0.25, 0.3) is 5.91 Å². The van der Waals surface area contributed by atoms with E-state index in [1.807, 2.05) is 43.7 Å². The van der Waals surface area contributed by atoms with Gasteiger partial charge in [0.2, 0.25) is 0 Å². The van der Waals surface area contributed by atoms with Gasteiger partial charge in [-0.15, -0.1) is 0 Å². The van der Waals surface area contributed by atoms with E-state index in [0.717, 1.165) is 34.9 Å². The molecule has 0 saturated heterocycles. The molecular formula is C22H25N3O. The zero-order valence-electron chi connectivity index (χ0n) is 15.3. The van der Waals surface area contributed by atoms with E-state index in [4.69, 9.17) is 0 Å². The first-order chi connectivity index (χ1) is 12.7. The monoisotopic (exact) mass is 347 g/mol. The number of hydrogen-bond donors (Lipinski definition) is 0. The van der Waals surface area contributed by atoms with E-state index in [9.17, 15) is 4.79 Å². The second-order valence-corrected chi connectivity index (χ2v) is 7.25. The standard InChI is InChI=1S/C22H25N3O/c1-24-14-12-19-20(10-5-11-21(19)24)22(26)25(18-8-3-2-4-9-18)16-17-7-6-13-23-15-17/h5-7,10-15,18H,2-4,8-9,16H2,1H3. The minimum absolute atomic E-state index is 0.137. The molecule has 4 nitrogen and oxygen atoms in total. The molecule has 1 fully saturated rings. The van der Waals surface area contributed by atoms with Gasteiger partial charge in [-0.1, -0.05) is 31.4 Å². The molecule has 0 spiro atoms. The van der Waals surface area contributed by atoms with Crippen LogP contribution < -0.4 is 0 Å². The van der Waals surface area contributed by atoms with Gasteiger partial charge in [-0.05, 0) is 42.7 Å². The second kappa shape index (κ2) is 7.32. The molecule has 0 bridgehead atoms. The first kappa shape index (κ1) is 16.8. The zero-order valence-corrected chi connectivity index (χ0v) is 15.3. The van der Waals surface area contributed by atoms with Crippen LogP contribution in [0, 0.1) is 0 Å². The van der Waals surface area contributed by atoms with Gasteiger partial charge >= 0.3 is 0 Å². The lowest BCUT2D eigenvalue weighted by atomic mass is 9.93. The van der Waals surface area contributed by atoms with E-state index < -0.39 is 0 Å². The number of carbonyl (C=O) groups excluding carboxylic acids is 1. The number of pyridine rings is 1. The van der Waals surface area contributed by atoms with Gasteiger partial charge in [-0.25, -0.2) is 0 Å². The van der Waals surface area contributed by atoms with Crippen LogP contribution in [0.15, 0.2) is 55.0 Å². The Bertz CT molecular complexity index is 894. The largest absolute Gasteiger partial charge is 0.351 e. The molecule has 1 aromatic carbocycles. The Morgan fingerprint density at radius 1 is 1.15 bits per heavy atom. The number of aryl methyl sites for hydroxylation is 1. The fourth-order valence-electron chi connectivity index (χ4n) is 4.09. The number of nitrogens with zero attached hydrogens (tertiary/aromatic N) is 3. The summed E-state index contributed by atoms with van der Waals surface area (Å²) in [6.07, 6.45) is 11.5. The normalized spacial score (nSPS) is 15.3. The Morgan fingerprint density at radius 3 is 2.77 bits per heavy atom. The number of hydrogen-bond acceptors (Lipinski definition) is 2. The molecule has 1 saturated carbocycles. The van der Waals surface area contributed by atoms with Crippen molar-refractivity contribution in [1.29, 1.82) is 0 Å². The predicted molar refractivity (Wildman–Crippen MR) is 104 cm³/mol. The van der Waals surface area contributed by atoms with Crippen LogP contribution in [-0.4, -0.2) is 26.4 Å². The molecule has 2 heterocycles. The van der Waals surface area contributed by atoms with Crippen LogP contribution in [0.2, 0.25) is 0 Å². The fourth-order valence-corrected chi connectivity index (χ4v) is 4.09. The van der Waals surface area contributed by atoms with Crippen LogP contribution in [0.25, 0.3) is 10.9 Å². The average molecular weight is 347 g/mol. The van der Waals surface area contributed by atoms with Crippen LogP contribution in [-0.2, 0) is 13.6 Å². The molecule has 1 aliphatic rings. The lowest BCUT2D eigenvalue weighted by Crippen LogP contribution is -2.41. The zero-order chi connectivity index (χ0) is 17.9. The van der Waals surface area contributed by atoms with E-state index in [-0.39, 0.29) is 5.91 Å². The van der Waals surface area contributed by atoms with Crippen molar-refractivity contribution in [2.75, 3.05) is 0 Å². The Morgan fingerprint density at radius 2 is 2.00 bits per heavy atom. The highest BCUT2D eigenvalue weighted by molar-refractivity contribution is 6.06. The summed E-state index contributed by atoms with van der Waals surface area (Å²) >= 11 is 0. The lowest BCUT2D eigenvalue weighted by Gasteiger charge is -2.34. The number of amides is 1. The van der Waals surface area contributed by atoms with E-state index in [1.54, 1.807) is 6.20 Å². The average Bonchev–Trinajstić information content (AvgIpc) is 3.08. The van der Waals surface area contributed by atoms with Gasteiger partial charge in [0.05, 0.1) is 0 Å². The molecule has 2 aromatic heterocycles. The summed E-state index contributed by atoms with van der Waals surface area (Å²) in [5.41, 5.74) is 2.99. The maximum absolute atomic E-state index is 13.6. The first-order valence-corrected chi connectivity index (χ1v) is 9.48. The van der Waals surface area contributed by atoms with Gasteiger partial charge in [0.15, 0.2) is 0 Å². The van der Waals surface area contributed by atoms with Crippen molar-refractivity contribution in [2.45, 2.75) is 44.7 Å². The molecule has 4 rings (SSSR count). The number of fused-ring (bicyclic) bond motifs is 1. The molecule has 0 unspecified atom stereocenters. The Labute approximate surface area is 154 Å². The topological polar surface area (TPSA) is 38.1 Å². The van der Waals surface area contributed by atoms with Gasteiger partial charge in [0, 0.05) is 54.7 Å². The van der Waals surface area contributed by atoms with Crippen LogP contribution >= 0.6 is 0 Å². The van der Waals surface area contributed by atoms with Crippen molar-refractivity contribution in [2.24, 2.45) is 7.05 Å². The highest BCUT2D eigenvalue weighted by atomic mass is 16.2. The maximum atomic E-state index is 13.6. The molecule has 4 heteroatoms. The summed E-state index contributed by atoms with van der Waals surface area (Å²) in [4.78, 5) is 19.9. The molecule has 1 aliphatic carbocycles. The van der Waals surface area contributed by atoms with Gasteiger partial charge in [-0.3, -0.25) is 9.78 Å². The van der Waals surface area contributed by atoms with Crippen LogP contribution in [0.4, 0.5) is 0 Å². The number of rotatable bonds is 4. The molecule has 0 radical (unpaired) electrons. The highest BCUT2D eigenvalue weighted by Crippen LogP contribution is 2.28. The second-order valence-electron chi connectivity index (χ2n) is 7.25. The first-order valence-electron chi connectivity index (χ1n) is 9.48. The fraction of sp³-hybridized carbons (Fsp3) is 0.364. The molecule has 0 atom stereocenters. The molecular weight excluding hydrogens is 322 g/mol. The molecule has 0 aliphatic heterocycles. The smallest absolute Gasteiger partial charge is 0.255 e. The van der Waals surface area contributed by atoms with Gasteiger partial charge in [-0.2, -0.15) is 0 Å². The number of carbonyl (C=O) groups is 1. The van der Waals surface area contributed by atoms with Crippen LogP contribution in [0.3, 0.4) is 0 Å². The predicted octanol–water partition coefficient (Wildman–Crippen LogP) is 4.55. The minimum Gasteiger partial charge on any atom is -0.351 e. The minimum atomic E-state index is 0.137. The molecule has 1 amide bonds. The van der Waals surface area contributed by atoms with Crippen molar-refractivity contribution in [1.82, 2.24) is 14.5 Å². The molecule has 3 aromatic rings. The summed E-state index contributed by atoms with van der Waals surface area (Å²) in [5.74, 6) is 0.137. The summed E-state index contributed by atoms with van der Waals surface area (Å²) in [6, 6.07) is 12.4. The summed E-state index contributed by atoms with van der Waals surface area (Å²) < 4.78 is 2.07. The quantitative estimate of drug-likeness (QED) is 0.694. The van der Waals surface area contributed by atoms with Crippen molar-refractivity contribution < 1.29 is 4.79 Å². The van der Waals surface area contributed by atoms with E-state index in [1.165, 1.54) is 19.3 Å². The summed E-state index contributed by atoms with van der Waals surface area (Å²) in [7, 11) is 2.02. The van der Waals surface area contributed by atoms with E-state index in [2.05, 4.69) is 26.6 Å². The number of aromatic nitrogens is 2. The molecule has 134 valence electrons.